The van der Waals surface area contributed by atoms with Gasteiger partial charge >= 0.3 is 0 Å². The van der Waals surface area contributed by atoms with Gasteiger partial charge in [0, 0.05) is 23.3 Å². The molecule has 2 nitrogen and oxygen atoms in total. The van der Waals surface area contributed by atoms with Gasteiger partial charge in [0.05, 0.1) is 0 Å². The summed E-state index contributed by atoms with van der Waals surface area (Å²) in [6.07, 6.45) is 8.48. The molecule has 1 aromatic heterocycles. The number of nitrogens with zero attached hydrogens (tertiary/aromatic N) is 2. The molecule has 1 saturated heterocycles. The first kappa shape index (κ1) is 12.9. The van der Waals surface area contributed by atoms with E-state index in [9.17, 15) is 0 Å². The monoisotopic (exact) mass is 296 g/mol. The summed E-state index contributed by atoms with van der Waals surface area (Å²) in [5, 5.41) is 0. The van der Waals surface area contributed by atoms with Crippen LogP contribution in [0.25, 0.3) is 0 Å². The lowest BCUT2D eigenvalue weighted by molar-refractivity contribution is 0.432. The summed E-state index contributed by atoms with van der Waals surface area (Å²) in [5.74, 6) is 1.16. The van der Waals surface area contributed by atoms with Crippen LogP contribution >= 0.6 is 15.9 Å². The molecule has 0 radical (unpaired) electrons. The van der Waals surface area contributed by atoms with Gasteiger partial charge in [0.15, 0.2) is 0 Å². The van der Waals surface area contributed by atoms with Crippen molar-refractivity contribution < 1.29 is 0 Å². The third kappa shape index (κ3) is 3.01. The Morgan fingerprint density at radius 1 is 1.47 bits per heavy atom. The molecule has 94 valence electrons. The minimum atomic E-state index is 0.696. The minimum absolute atomic E-state index is 0.696. The van der Waals surface area contributed by atoms with Gasteiger partial charge in [-0.1, -0.05) is 13.3 Å². The van der Waals surface area contributed by atoms with Crippen LogP contribution in [0.3, 0.4) is 0 Å². The average Bonchev–Trinajstić information content (AvgIpc) is 2.34. The zero-order chi connectivity index (χ0) is 12.3. The van der Waals surface area contributed by atoms with Crippen LogP contribution in [0.2, 0.25) is 0 Å². The molecule has 1 aromatic rings. The van der Waals surface area contributed by atoms with Gasteiger partial charge in [0.25, 0.3) is 0 Å². The fourth-order valence-electron chi connectivity index (χ4n) is 2.62. The number of hydrogen-bond acceptors (Lipinski definition) is 2. The van der Waals surface area contributed by atoms with E-state index in [1.807, 2.05) is 6.20 Å². The van der Waals surface area contributed by atoms with E-state index in [0.717, 1.165) is 10.3 Å². The maximum absolute atomic E-state index is 4.57. The molecule has 1 fully saturated rings. The van der Waals surface area contributed by atoms with Crippen LogP contribution in [0.1, 0.15) is 44.6 Å². The van der Waals surface area contributed by atoms with Crippen LogP contribution in [-0.2, 0) is 0 Å². The Balaban J connectivity index is 2.20. The van der Waals surface area contributed by atoms with Gasteiger partial charge < -0.3 is 4.90 Å². The number of aromatic nitrogens is 1. The molecular formula is C14H21BrN2. The molecule has 0 aliphatic carbocycles. The fourth-order valence-corrected chi connectivity index (χ4v) is 2.83. The topological polar surface area (TPSA) is 16.1 Å². The van der Waals surface area contributed by atoms with Crippen LogP contribution in [0.5, 0.6) is 0 Å². The molecule has 0 aromatic carbocycles. The highest BCUT2D eigenvalue weighted by Gasteiger charge is 2.22. The van der Waals surface area contributed by atoms with E-state index >= 15 is 0 Å². The Bertz CT molecular complexity index is 376. The number of piperidine rings is 1. The largest absolute Gasteiger partial charge is 0.354 e. The molecule has 1 unspecified atom stereocenters. The number of anilines is 1. The van der Waals surface area contributed by atoms with Crippen molar-refractivity contribution in [2.75, 3.05) is 11.4 Å². The normalized spacial score (nSPS) is 20.6. The highest BCUT2D eigenvalue weighted by atomic mass is 79.9. The Morgan fingerprint density at radius 3 is 3.00 bits per heavy atom. The van der Waals surface area contributed by atoms with Gasteiger partial charge in [-0.05, 0) is 60.2 Å². The van der Waals surface area contributed by atoms with Crippen molar-refractivity contribution in [3.05, 3.63) is 22.3 Å². The molecule has 0 N–H and O–H groups in total. The lowest BCUT2D eigenvalue weighted by Crippen LogP contribution is -2.40. The van der Waals surface area contributed by atoms with Crippen molar-refractivity contribution in [1.82, 2.24) is 4.98 Å². The molecule has 2 heterocycles. The summed E-state index contributed by atoms with van der Waals surface area (Å²) in [7, 11) is 0. The highest BCUT2D eigenvalue weighted by Crippen LogP contribution is 2.28. The van der Waals surface area contributed by atoms with Crippen molar-refractivity contribution in [3.8, 4) is 0 Å². The van der Waals surface area contributed by atoms with Crippen molar-refractivity contribution in [2.24, 2.45) is 0 Å². The van der Waals surface area contributed by atoms with Crippen LogP contribution in [0.15, 0.2) is 16.7 Å². The van der Waals surface area contributed by atoms with Crippen molar-refractivity contribution >= 4 is 21.7 Å². The van der Waals surface area contributed by atoms with Crippen molar-refractivity contribution in [3.63, 3.8) is 0 Å². The van der Waals surface area contributed by atoms with E-state index < -0.39 is 0 Å². The van der Waals surface area contributed by atoms with Crippen LogP contribution in [0.4, 0.5) is 5.82 Å². The summed E-state index contributed by atoms with van der Waals surface area (Å²) >= 11 is 3.52. The highest BCUT2D eigenvalue weighted by molar-refractivity contribution is 9.10. The summed E-state index contributed by atoms with van der Waals surface area (Å²) in [6, 6.07) is 2.90. The van der Waals surface area contributed by atoms with Gasteiger partial charge in [-0.3, -0.25) is 0 Å². The van der Waals surface area contributed by atoms with Crippen LogP contribution < -0.4 is 4.90 Å². The van der Waals surface area contributed by atoms with Crippen LogP contribution in [0, 0.1) is 6.92 Å². The summed E-state index contributed by atoms with van der Waals surface area (Å²) < 4.78 is 1.10. The predicted octanol–water partition coefficient (Wildman–Crippen LogP) is 4.31. The van der Waals surface area contributed by atoms with E-state index in [4.69, 9.17) is 0 Å². The molecule has 0 spiro atoms. The number of rotatable bonds is 3. The van der Waals surface area contributed by atoms with Gasteiger partial charge in [-0.15, -0.1) is 0 Å². The van der Waals surface area contributed by atoms with Gasteiger partial charge in [-0.25, -0.2) is 4.98 Å². The molecule has 1 atom stereocenters. The average molecular weight is 297 g/mol. The lowest BCUT2D eigenvalue weighted by Gasteiger charge is -2.37. The standard InChI is InChI=1S/C14H21BrN2/c1-3-6-12-7-4-5-8-17(12)14-9-11(2)13(15)10-16-14/h9-10,12H,3-8H2,1-2H3. The third-order valence-electron chi connectivity index (χ3n) is 3.58. The quantitative estimate of drug-likeness (QED) is 0.826. The van der Waals surface area contributed by atoms with E-state index in [-0.39, 0.29) is 0 Å². The van der Waals surface area contributed by atoms with E-state index in [0.29, 0.717) is 6.04 Å². The third-order valence-corrected chi connectivity index (χ3v) is 4.41. The Kier molecular flexibility index (Phi) is 4.43. The van der Waals surface area contributed by atoms with E-state index in [2.05, 4.69) is 45.7 Å². The first-order valence-electron chi connectivity index (χ1n) is 6.61. The molecule has 17 heavy (non-hydrogen) atoms. The van der Waals surface area contributed by atoms with Gasteiger partial charge in [-0.2, -0.15) is 0 Å². The second-order valence-corrected chi connectivity index (χ2v) is 5.78. The van der Waals surface area contributed by atoms with Crippen molar-refractivity contribution in [1.29, 1.82) is 0 Å². The second-order valence-electron chi connectivity index (χ2n) is 4.92. The maximum Gasteiger partial charge on any atom is 0.129 e. The minimum Gasteiger partial charge on any atom is -0.354 e. The molecule has 0 amide bonds. The maximum atomic E-state index is 4.57. The zero-order valence-electron chi connectivity index (χ0n) is 10.7. The first-order valence-corrected chi connectivity index (χ1v) is 7.40. The summed E-state index contributed by atoms with van der Waals surface area (Å²) in [4.78, 5) is 7.08. The van der Waals surface area contributed by atoms with Crippen molar-refractivity contribution in [2.45, 2.75) is 52.0 Å². The Labute approximate surface area is 113 Å². The molecular weight excluding hydrogens is 276 g/mol. The number of pyridine rings is 1. The SMILES string of the molecule is CCCC1CCCCN1c1cc(C)c(Br)cn1. The second kappa shape index (κ2) is 5.85. The number of hydrogen-bond donors (Lipinski definition) is 0. The smallest absolute Gasteiger partial charge is 0.129 e. The van der Waals surface area contributed by atoms with Gasteiger partial charge in [0.1, 0.15) is 5.82 Å². The Hall–Kier alpha value is -0.570. The molecule has 2 rings (SSSR count). The van der Waals surface area contributed by atoms with Gasteiger partial charge in [0.2, 0.25) is 0 Å². The molecule has 0 saturated carbocycles. The molecule has 1 aliphatic rings. The number of halogens is 1. The predicted molar refractivity (Wildman–Crippen MR) is 76.6 cm³/mol. The summed E-state index contributed by atoms with van der Waals surface area (Å²) in [5.41, 5.74) is 1.27. The van der Waals surface area contributed by atoms with E-state index in [1.54, 1.807) is 0 Å². The number of aryl methyl sites for hydroxylation is 1. The first-order chi connectivity index (χ1) is 8.22. The Morgan fingerprint density at radius 2 is 2.29 bits per heavy atom. The molecule has 0 bridgehead atoms. The lowest BCUT2D eigenvalue weighted by atomic mass is 9.98. The summed E-state index contributed by atoms with van der Waals surface area (Å²) in [6.45, 7) is 5.57. The molecule has 1 aliphatic heterocycles. The van der Waals surface area contributed by atoms with E-state index in [1.165, 1.54) is 44.2 Å². The van der Waals surface area contributed by atoms with Crippen LogP contribution in [-0.4, -0.2) is 17.6 Å². The fraction of sp³-hybridized carbons (Fsp3) is 0.643. The molecule has 3 heteroatoms. The zero-order valence-corrected chi connectivity index (χ0v) is 12.3.